The molecule has 8 nitrogen and oxygen atoms in total. The summed E-state index contributed by atoms with van der Waals surface area (Å²) in [6.45, 7) is -2.97. The van der Waals surface area contributed by atoms with Crippen LogP contribution in [0.1, 0.15) is 15.9 Å². The molecule has 0 radical (unpaired) electrons. The molecule has 3 aromatic rings. The van der Waals surface area contributed by atoms with Crippen molar-refractivity contribution >= 4 is 45.8 Å². The van der Waals surface area contributed by atoms with E-state index < -0.39 is 17.8 Å². The van der Waals surface area contributed by atoms with Crippen LogP contribution in [0, 0.1) is 0 Å². The molecule has 0 saturated carbocycles. The predicted octanol–water partition coefficient (Wildman–Crippen LogP) is 4.31. The average Bonchev–Trinajstić information content (AvgIpc) is 3.11. The minimum Gasteiger partial charge on any atom is -0.493 e. The van der Waals surface area contributed by atoms with E-state index in [0.717, 1.165) is 22.0 Å². The van der Waals surface area contributed by atoms with Crippen molar-refractivity contribution in [3.8, 4) is 11.5 Å². The Morgan fingerprint density at radius 2 is 1.97 bits per heavy atom. The molecule has 1 fully saturated rings. The van der Waals surface area contributed by atoms with Gasteiger partial charge in [0.2, 0.25) is 0 Å². The molecule has 1 saturated heterocycles. The maximum atomic E-state index is 12.7. The third kappa shape index (κ3) is 5.40. The molecule has 11 heteroatoms. The Balaban J connectivity index is 1.41. The van der Waals surface area contributed by atoms with Gasteiger partial charge in [-0.05, 0) is 47.7 Å². The van der Waals surface area contributed by atoms with E-state index in [1.165, 1.54) is 31.4 Å². The fraction of sp³-hybridized carbons (Fsp3) is 0.167. The standard InChI is InChI=1S/C24H19F2N3O5S/c1-33-18-12-14(7-8-17(18)34-23(25)26)13-19-22(31)29(24(32)35-19)11-10-28-21(30)16-6-2-4-15-5-3-9-27-20(15)16/h2-9,12-13,23H,10-11H2,1H3,(H,28,30)/b19-13-. The lowest BCUT2D eigenvalue weighted by Crippen LogP contribution is -2.37. The summed E-state index contributed by atoms with van der Waals surface area (Å²) in [6, 6.07) is 13.1. The maximum absolute atomic E-state index is 12.7. The molecular formula is C24H19F2N3O5S. The molecule has 2 aromatic carbocycles. The van der Waals surface area contributed by atoms with Crippen molar-refractivity contribution in [2.24, 2.45) is 0 Å². The number of nitrogens with one attached hydrogen (secondary N) is 1. The molecule has 180 valence electrons. The van der Waals surface area contributed by atoms with E-state index >= 15 is 0 Å². The molecule has 0 unspecified atom stereocenters. The summed E-state index contributed by atoms with van der Waals surface area (Å²) in [5.41, 5.74) is 1.41. The van der Waals surface area contributed by atoms with Crippen molar-refractivity contribution in [1.82, 2.24) is 15.2 Å². The van der Waals surface area contributed by atoms with Gasteiger partial charge in [0.1, 0.15) is 0 Å². The van der Waals surface area contributed by atoms with Crippen molar-refractivity contribution in [3.05, 3.63) is 70.8 Å². The van der Waals surface area contributed by atoms with Gasteiger partial charge in [0, 0.05) is 24.7 Å². The Morgan fingerprint density at radius 1 is 1.17 bits per heavy atom. The zero-order chi connectivity index (χ0) is 24.9. The Morgan fingerprint density at radius 3 is 2.74 bits per heavy atom. The van der Waals surface area contributed by atoms with Gasteiger partial charge in [-0.15, -0.1) is 0 Å². The van der Waals surface area contributed by atoms with E-state index in [9.17, 15) is 23.2 Å². The zero-order valence-electron chi connectivity index (χ0n) is 18.4. The van der Waals surface area contributed by atoms with Gasteiger partial charge in [0.25, 0.3) is 17.1 Å². The van der Waals surface area contributed by atoms with E-state index in [1.54, 1.807) is 24.4 Å². The van der Waals surface area contributed by atoms with Crippen molar-refractivity contribution < 1.29 is 32.6 Å². The molecule has 1 aliphatic heterocycles. The number of pyridine rings is 1. The molecule has 1 N–H and O–H groups in total. The lowest BCUT2D eigenvalue weighted by molar-refractivity contribution is -0.122. The highest BCUT2D eigenvalue weighted by atomic mass is 32.2. The quantitative estimate of drug-likeness (QED) is 0.461. The monoisotopic (exact) mass is 499 g/mol. The average molecular weight is 499 g/mol. The normalized spacial score (nSPS) is 14.7. The van der Waals surface area contributed by atoms with Gasteiger partial charge in [-0.3, -0.25) is 24.3 Å². The number of halogens is 2. The molecule has 35 heavy (non-hydrogen) atoms. The predicted molar refractivity (Wildman–Crippen MR) is 126 cm³/mol. The molecule has 4 rings (SSSR count). The maximum Gasteiger partial charge on any atom is 0.387 e. The number of aromatic nitrogens is 1. The SMILES string of the molecule is COc1cc(/C=C2\SC(=O)N(CCNC(=O)c3cccc4cccnc34)C2=O)ccc1OC(F)F. The topological polar surface area (TPSA) is 97.8 Å². The van der Waals surface area contributed by atoms with Crippen LogP contribution in [0.3, 0.4) is 0 Å². The fourth-order valence-electron chi connectivity index (χ4n) is 3.48. The van der Waals surface area contributed by atoms with Crippen LogP contribution in [0.5, 0.6) is 11.5 Å². The van der Waals surface area contributed by atoms with Crippen LogP contribution in [0.15, 0.2) is 59.6 Å². The number of benzene rings is 2. The Kier molecular flexibility index (Phi) is 7.25. The van der Waals surface area contributed by atoms with E-state index in [2.05, 4.69) is 15.0 Å². The van der Waals surface area contributed by atoms with Crippen LogP contribution in [0.25, 0.3) is 17.0 Å². The van der Waals surface area contributed by atoms with Crippen LogP contribution in [-0.2, 0) is 4.79 Å². The Bertz CT molecular complexity index is 1330. The smallest absolute Gasteiger partial charge is 0.387 e. The van der Waals surface area contributed by atoms with Crippen LogP contribution < -0.4 is 14.8 Å². The first kappa shape index (κ1) is 24.1. The van der Waals surface area contributed by atoms with E-state index in [-0.39, 0.29) is 35.4 Å². The van der Waals surface area contributed by atoms with Gasteiger partial charge in [-0.25, -0.2) is 0 Å². The molecule has 1 aliphatic rings. The number of methoxy groups -OCH3 is 1. The van der Waals surface area contributed by atoms with Gasteiger partial charge >= 0.3 is 6.61 Å². The molecule has 0 atom stereocenters. The lowest BCUT2D eigenvalue weighted by Gasteiger charge is -2.13. The van der Waals surface area contributed by atoms with Gasteiger partial charge in [-0.1, -0.05) is 24.3 Å². The highest BCUT2D eigenvalue weighted by Crippen LogP contribution is 2.34. The highest BCUT2D eigenvalue weighted by Gasteiger charge is 2.34. The number of alkyl halides is 2. The van der Waals surface area contributed by atoms with Crippen molar-refractivity contribution in [2.45, 2.75) is 6.61 Å². The number of rotatable bonds is 8. The molecular weight excluding hydrogens is 480 g/mol. The number of ether oxygens (including phenoxy) is 2. The first-order valence-electron chi connectivity index (χ1n) is 10.4. The number of imide groups is 1. The molecule has 2 heterocycles. The summed E-state index contributed by atoms with van der Waals surface area (Å²) >= 11 is 0.746. The van der Waals surface area contributed by atoms with E-state index in [1.807, 2.05) is 12.1 Å². The number of hydrogen-bond donors (Lipinski definition) is 1. The first-order valence-corrected chi connectivity index (χ1v) is 11.2. The van der Waals surface area contributed by atoms with Crippen molar-refractivity contribution in [3.63, 3.8) is 0 Å². The van der Waals surface area contributed by atoms with Crippen LogP contribution in [0.2, 0.25) is 0 Å². The summed E-state index contributed by atoms with van der Waals surface area (Å²) in [5.74, 6) is -0.975. The number of para-hydroxylation sites is 1. The first-order chi connectivity index (χ1) is 16.9. The zero-order valence-corrected chi connectivity index (χ0v) is 19.2. The number of thioether (sulfide) groups is 1. The third-order valence-corrected chi connectivity index (χ3v) is 5.98. The summed E-state index contributed by atoms with van der Waals surface area (Å²) in [4.78, 5) is 43.2. The molecule has 0 spiro atoms. The summed E-state index contributed by atoms with van der Waals surface area (Å²) in [7, 11) is 1.30. The third-order valence-electron chi connectivity index (χ3n) is 5.07. The fourth-order valence-corrected chi connectivity index (χ4v) is 4.34. The summed E-state index contributed by atoms with van der Waals surface area (Å²) < 4.78 is 34.5. The van der Waals surface area contributed by atoms with E-state index in [0.29, 0.717) is 16.6 Å². The molecule has 0 aliphatic carbocycles. The van der Waals surface area contributed by atoms with Gasteiger partial charge in [-0.2, -0.15) is 8.78 Å². The largest absolute Gasteiger partial charge is 0.493 e. The van der Waals surface area contributed by atoms with Crippen molar-refractivity contribution in [2.75, 3.05) is 20.2 Å². The van der Waals surface area contributed by atoms with Crippen molar-refractivity contribution in [1.29, 1.82) is 0 Å². The number of hydrogen-bond acceptors (Lipinski definition) is 7. The van der Waals surface area contributed by atoms with Crippen LogP contribution in [-0.4, -0.2) is 53.7 Å². The summed E-state index contributed by atoms with van der Waals surface area (Å²) in [5, 5.41) is 3.06. The summed E-state index contributed by atoms with van der Waals surface area (Å²) in [6.07, 6.45) is 3.06. The van der Waals surface area contributed by atoms with Gasteiger partial charge < -0.3 is 14.8 Å². The molecule has 3 amide bonds. The van der Waals surface area contributed by atoms with E-state index in [4.69, 9.17) is 4.74 Å². The number of carbonyl (C=O) groups excluding carboxylic acids is 3. The Labute approximate surface area is 202 Å². The number of carbonyl (C=O) groups is 3. The number of amides is 3. The molecule has 1 aromatic heterocycles. The second kappa shape index (κ2) is 10.5. The number of nitrogens with zero attached hydrogens (tertiary/aromatic N) is 2. The van der Waals surface area contributed by atoms with Crippen LogP contribution >= 0.6 is 11.8 Å². The molecule has 0 bridgehead atoms. The minimum absolute atomic E-state index is 0.0174. The van der Waals surface area contributed by atoms with Gasteiger partial charge in [0.05, 0.1) is 23.1 Å². The van der Waals surface area contributed by atoms with Gasteiger partial charge in [0.15, 0.2) is 11.5 Å². The minimum atomic E-state index is -3.01. The lowest BCUT2D eigenvalue weighted by atomic mass is 10.1. The number of fused-ring (bicyclic) bond motifs is 1. The second-order valence-electron chi connectivity index (χ2n) is 7.26. The van der Waals surface area contributed by atoms with Crippen LogP contribution in [0.4, 0.5) is 13.6 Å². The Hall–Kier alpha value is -3.99. The second-order valence-corrected chi connectivity index (χ2v) is 8.25. The highest BCUT2D eigenvalue weighted by molar-refractivity contribution is 8.18.